The van der Waals surface area contributed by atoms with Gasteiger partial charge < -0.3 is 0 Å². The predicted octanol–water partition coefficient (Wildman–Crippen LogP) is 5.14. The van der Waals surface area contributed by atoms with Crippen LogP contribution in [0.1, 0.15) is 53.6 Å². The molecule has 1 aromatic rings. The summed E-state index contributed by atoms with van der Waals surface area (Å²) in [7, 11) is 0. The standard InChI is InChI=1S/C16H25Cl/c1-10-11(2)13(4)15(14(5)12(10)3)16(6,7)8-9-17/h8-9H2,1-7H3. The van der Waals surface area contributed by atoms with Crippen molar-refractivity contribution in [1.82, 2.24) is 0 Å². The lowest BCUT2D eigenvalue weighted by molar-refractivity contribution is 0.502. The fourth-order valence-corrected chi connectivity index (χ4v) is 3.35. The van der Waals surface area contributed by atoms with E-state index in [2.05, 4.69) is 48.5 Å². The maximum absolute atomic E-state index is 5.95. The van der Waals surface area contributed by atoms with Crippen LogP contribution in [-0.2, 0) is 5.41 Å². The van der Waals surface area contributed by atoms with Crippen molar-refractivity contribution in [3.05, 3.63) is 33.4 Å². The van der Waals surface area contributed by atoms with E-state index < -0.39 is 0 Å². The molecule has 0 aromatic heterocycles. The van der Waals surface area contributed by atoms with E-state index >= 15 is 0 Å². The summed E-state index contributed by atoms with van der Waals surface area (Å²) in [5, 5.41) is 0. The summed E-state index contributed by atoms with van der Waals surface area (Å²) in [6.07, 6.45) is 1.03. The van der Waals surface area contributed by atoms with Crippen LogP contribution in [0.4, 0.5) is 0 Å². The maximum atomic E-state index is 5.95. The highest BCUT2D eigenvalue weighted by Crippen LogP contribution is 2.37. The molecule has 0 atom stereocenters. The molecule has 0 amide bonds. The third-order valence-electron chi connectivity index (χ3n) is 4.40. The van der Waals surface area contributed by atoms with E-state index in [0.29, 0.717) is 0 Å². The van der Waals surface area contributed by atoms with E-state index in [1.807, 2.05) is 0 Å². The van der Waals surface area contributed by atoms with Crippen molar-refractivity contribution >= 4 is 11.6 Å². The summed E-state index contributed by atoms with van der Waals surface area (Å²) in [6, 6.07) is 0. The summed E-state index contributed by atoms with van der Waals surface area (Å²) in [6.45, 7) is 15.8. The van der Waals surface area contributed by atoms with Gasteiger partial charge in [-0.15, -0.1) is 11.6 Å². The highest BCUT2D eigenvalue weighted by molar-refractivity contribution is 6.17. The molecule has 0 spiro atoms. The smallest absolute Gasteiger partial charge is 0.0231 e. The molecule has 0 heterocycles. The van der Waals surface area contributed by atoms with Crippen molar-refractivity contribution in [2.45, 2.75) is 60.3 Å². The Bertz CT molecular complexity index is 399. The summed E-state index contributed by atoms with van der Waals surface area (Å²) in [5.74, 6) is 0.720. The van der Waals surface area contributed by atoms with Gasteiger partial charge in [0, 0.05) is 5.88 Å². The Labute approximate surface area is 111 Å². The minimum atomic E-state index is 0.166. The molecule has 0 bridgehead atoms. The molecule has 0 aliphatic rings. The zero-order valence-corrected chi connectivity index (χ0v) is 13.0. The monoisotopic (exact) mass is 252 g/mol. The molecule has 96 valence electrons. The number of halogens is 1. The molecule has 0 nitrogen and oxygen atoms in total. The van der Waals surface area contributed by atoms with E-state index in [1.54, 1.807) is 0 Å². The van der Waals surface area contributed by atoms with Gasteiger partial charge in [0.1, 0.15) is 0 Å². The third-order valence-corrected chi connectivity index (χ3v) is 4.59. The largest absolute Gasteiger partial charge is 0.127 e. The quantitative estimate of drug-likeness (QED) is 0.654. The summed E-state index contributed by atoms with van der Waals surface area (Å²) >= 11 is 5.95. The van der Waals surface area contributed by atoms with E-state index in [0.717, 1.165) is 12.3 Å². The minimum absolute atomic E-state index is 0.166. The van der Waals surface area contributed by atoms with Gasteiger partial charge in [-0.25, -0.2) is 0 Å². The Hall–Kier alpha value is -0.490. The van der Waals surface area contributed by atoms with Gasteiger partial charge in [-0.05, 0) is 79.8 Å². The van der Waals surface area contributed by atoms with Gasteiger partial charge in [0.15, 0.2) is 0 Å². The number of alkyl halides is 1. The van der Waals surface area contributed by atoms with Gasteiger partial charge in [-0.3, -0.25) is 0 Å². The Balaban J connectivity index is 3.54. The number of hydrogen-bond donors (Lipinski definition) is 0. The molecule has 0 aliphatic carbocycles. The molecule has 0 unspecified atom stereocenters. The maximum Gasteiger partial charge on any atom is 0.0231 e. The second kappa shape index (κ2) is 5.02. The molecule has 0 radical (unpaired) electrons. The van der Waals surface area contributed by atoms with E-state index in [1.165, 1.54) is 33.4 Å². The SMILES string of the molecule is Cc1c(C)c(C)c(C(C)(C)CCCl)c(C)c1C. The van der Waals surface area contributed by atoms with Crippen molar-refractivity contribution in [1.29, 1.82) is 0 Å². The van der Waals surface area contributed by atoms with Gasteiger partial charge in [0.2, 0.25) is 0 Å². The molecule has 17 heavy (non-hydrogen) atoms. The highest BCUT2D eigenvalue weighted by atomic mass is 35.5. The Morgan fingerprint density at radius 1 is 0.765 bits per heavy atom. The Kier molecular flexibility index (Phi) is 4.30. The summed E-state index contributed by atoms with van der Waals surface area (Å²) in [4.78, 5) is 0. The first-order valence-corrected chi connectivity index (χ1v) is 6.91. The first-order chi connectivity index (χ1) is 7.74. The van der Waals surface area contributed by atoms with Gasteiger partial charge >= 0.3 is 0 Å². The van der Waals surface area contributed by atoms with Crippen LogP contribution in [0, 0.1) is 34.6 Å². The fourth-order valence-electron chi connectivity index (χ4n) is 2.88. The average molecular weight is 253 g/mol. The number of hydrogen-bond acceptors (Lipinski definition) is 0. The normalized spacial score (nSPS) is 12.0. The number of rotatable bonds is 3. The first kappa shape index (κ1) is 14.6. The van der Waals surface area contributed by atoms with Gasteiger partial charge in [-0.1, -0.05) is 13.8 Å². The Morgan fingerprint density at radius 2 is 1.12 bits per heavy atom. The first-order valence-electron chi connectivity index (χ1n) is 6.37. The van der Waals surface area contributed by atoms with Crippen molar-refractivity contribution in [2.24, 2.45) is 0 Å². The average Bonchev–Trinajstić information content (AvgIpc) is 2.23. The van der Waals surface area contributed by atoms with Crippen LogP contribution >= 0.6 is 11.6 Å². The lowest BCUT2D eigenvalue weighted by Crippen LogP contribution is -2.22. The summed E-state index contributed by atoms with van der Waals surface area (Å²) < 4.78 is 0. The fraction of sp³-hybridized carbons (Fsp3) is 0.625. The van der Waals surface area contributed by atoms with Crippen LogP contribution in [0.25, 0.3) is 0 Å². The van der Waals surface area contributed by atoms with Crippen molar-refractivity contribution in [2.75, 3.05) is 5.88 Å². The molecule has 0 saturated carbocycles. The van der Waals surface area contributed by atoms with Crippen molar-refractivity contribution in [3.63, 3.8) is 0 Å². The van der Waals surface area contributed by atoms with Crippen LogP contribution in [-0.4, -0.2) is 5.88 Å². The third kappa shape index (κ3) is 2.52. The van der Waals surface area contributed by atoms with Crippen LogP contribution < -0.4 is 0 Å². The second-order valence-corrected chi connectivity index (χ2v) is 6.20. The van der Waals surface area contributed by atoms with Crippen molar-refractivity contribution < 1.29 is 0 Å². The molecule has 1 aromatic carbocycles. The molecule has 1 heteroatoms. The van der Waals surface area contributed by atoms with E-state index in [9.17, 15) is 0 Å². The molecule has 1 rings (SSSR count). The van der Waals surface area contributed by atoms with Crippen LogP contribution in [0.2, 0.25) is 0 Å². The van der Waals surface area contributed by atoms with Gasteiger partial charge in [0.05, 0.1) is 0 Å². The topological polar surface area (TPSA) is 0 Å². The molecular formula is C16H25Cl. The minimum Gasteiger partial charge on any atom is -0.127 e. The second-order valence-electron chi connectivity index (χ2n) is 5.82. The number of benzene rings is 1. The lowest BCUT2D eigenvalue weighted by atomic mass is 9.74. The zero-order valence-electron chi connectivity index (χ0n) is 12.3. The van der Waals surface area contributed by atoms with Gasteiger partial charge in [0.25, 0.3) is 0 Å². The highest BCUT2D eigenvalue weighted by Gasteiger charge is 2.26. The zero-order chi connectivity index (χ0) is 13.4. The van der Waals surface area contributed by atoms with Crippen LogP contribution in [0.3, 0.4) is 0 Å². The predicted molar refractivity (Wildman–Crippen MR) is 78.5 cm³/mol. The molecule has 0 aliphatic heterocycles. The van der Waals surface area contributed by atoms with Gasteiger partial charge in [-0.2, -0.15) is 0 Å². The molecule has 0 saturated heterocycles. The lowest BCUT2D eigenvalue weighted by Gasteiger charge is -2.31. The summed E-state index contributed by atoms with van der Waals surface area (Å²) in [5.41, 5.74) is 8.86. The van der Waals surface area contributed by atoms with Crippen LogP contribution in [0.5, 0.6) is 0 Å². The molecular weight excluding hydrogens is 228 g/mol. The molecule has 0 fully saturated rings. The Morgan fingerprint density at radius 3 is 1.47 bits per heavy atom. The van der Waals surface area contributed by atoms with Crippen LogP contribution in [0.15, 0.2) is 0 Å². The molecule has 0 N–H and O–H groups in total. The van der Waals surface area contributed by atoms with E-state index in [-0.39, 0.29) is 5.41 Å². The van der Waals surface area contributed by atoms with Crippen molar-refractivity contribution in [3.8, 4) is 0 Å². The van der Waals surface area contributed by atoms with E-state index in [4.69, 9.17) is 11.6 Å².